The molecule has 2 amide bonds. The predicted molar refractivity (Wildman–Crippen MR) is 113 cm³/mol. The van der Waals surface area contributed by atoms with Crippen LogP contribution in [0.4, 0.5) is 0 Å². The first kappa shape index (κ1) is 22.3. The van der Waals surface area contributed by atoms with Crippen molar-refractivity contribution in [3.05, 3.63) is 59.7 Å². The Morgan fingerprint density at radius 2 is 1.55 bits per heavy atom. The number of ether oxygens (including phenoxy) is 2. The van der Waals surface area contributed by atoms with Crippen LogP contribution >= 0.6 is 0 Å². The number of hydrogen-bond acceptors (Lipinski definition) is 4. The first-order valence-corrected chi connectivity index (χ1v) is 9.72. The molecule has 0 aliphatic rings. The minimum atomic E-state index is -0.631. The van der Waals surface area contributed by atoms with E-state index >= 15 is 0 Å². The number of rotatable bonds is 9. The highest BCUT2D eigenvalue weighted by Crippen LogP contribution is 2.16. The van der Waals surface area contributed by atoms with E-state index < -0.39 is 6.04 Å². The summed E-state index contributed by atoms with van der Waals surface area (Å²) in [5.74, 6) is 0.901. The Labute approximate surface area is 172 Å². The summed E-state index contributed by atoms with van der Waals surface area (Å²) in [7, 11) is 1.60. The van der Waals surface area contributed by atoms with Gasteiger partial charge in [-0.3, -0.25) is 9.59 Å². The van der Waals surface area contributed by atoms with Crippen molar-refractivity contribution >= 4 is 11.8 Å². The summed E-state index contributed by atoms with van der Waals surface area (Å²) in [6.45, 7) is 7.65. The minimum absolute atomic E-state index is 0.00769. The first-order valence-electron chi connectivity index (χ1n) is 9.72. The summed E-state index contributed by atoms with van der Waals surface area (Å²) in [5.41, 5.74) is 2.02. The van der Waals surface area contributed by atoms with E-state index in [1.165, 1.54) is 4.90 Å². The SMILES string of the molecule is COc1ccc(CN(C(=O)COc2ccc(C)cc2)[C@@H](C)C(=O)NC(C)C)cc1. The molecule has 2 aromatic rings. The van der Waals surface area contributed by atoms with Gasteiger partial charge in [0.15, 0.2) is 6.61 Å². The van der Waals surface area contributed by atoms with Gasteiger partial charge in [-0.1, -0.05) is 29.8 Å². The highest BCUT2D eigenvalue weighted by atomic mass is 16.5. The van der Waals surface area contributed by atoms with Gasteiger partial charge in [-0.05, 0) is 57.5 Å². The van der Waals surface area contributed by atoms with Crippen LogP contribution in [0.3, 0.4) is 0 Å². The Kier molecular flexibility index (Phi) is 8.07. The molecule has 2 rings (SSSR count). The molecule has 0 spiro atoms. The molecule has 29 heavy (non-hydrogen) atoms. The van der Waals surface area contributed by atoms with E-state index in [9.17, 15) is 9.59 Å². The molecule has 0 aliphatic carbocycles. The molecule has 6 heteroatoms. The van der Waals surface area contributed by atoms with Crippen molar-refractivity contribution in [1.29, 1.82) is 0 Å². The molecular formula is C23H30N2O4. The van der Waals surface area contributed by atoms with Crippen molar-refractivity contribution in [3.8, 4) is 11.5 Å². The van der Waals surface area contributed by atoms with Crippen LogP contribution < -0.4 is 14.8 Å². The average Bonchev–Trinajstić information content (AvgIpc) is 2.70. The zero-order valence-electron chi connectivity index (χ0n) is 17.8. The Morgan fingerprint density at radius 3 is 2.10 bits per heavy atom. The zero-order chi connectivity index (χ0) is 21.4. The predicted octanol–water partition coefficient (Wildman–Crippen LogP) is 3.32. The maximum atomic E-state index is 12.9. The molecular weight excluding hydrogens is 368 g/mol. The molecule has 0 aromatic heterocycles. The van der Waals surface area contributed by atoms with Gasteiger partial charge in [0.05, 0.1) is 7.11 Å². The number of methoxy groups -OCH3 is 1. The Morgan fingerprint density at radius 1 is 0.966 bits per heavy atom. The van der Waals surface area contributed by atoms with Gasteiger partial charge in [0.2, 0.25) is 5.91 Å². The minimum Gasteiger partial charge on any atom is -0.497 e. The van der Waals surface area contributed by atoms with Gasteiger partial charge in [-0.25, -0.2) is 0 Å². The van der Waals surface area contributed by atoms with E-state index in [1.807, 2.05) is 69.3 Å². The first-order chi connectivity index (χ1) is 13.8. The summed E-state index contributed by atoms with van der Waals surface area (Å²) >= 11 is 0. The molecule has 0 fully saturated rings. The lowest BCUT2D eigenvalue weighted by Gasteiger charge is -2.29. The molecule has 6 nitrogen and oxygen atoms in total. The summed E-state index contributed by atoms with van der Waals surface area (Å²) in [5, 5.41) is 2.87. The number of amides is 2. The zero-order valence-corrected chi connectivity index (χ0v) is 17.8. The molecule has 0 heterocycles. The smallest absolute Gasteiger partial charge is 0.261 e. The van der Waals surface area contributed by atoms with Crippen LogP contribution in [0.5, 0.6) is 11.5 Å². The topological polar surface area (TPSA) is 67.9 Å². The third-order valence-electron chi connectivity index (χ3n) is 4.49. The Bertz CT molecular complexity index is 801. The lowest BCUT2D eigenvalue weighted by molar-refractivity contribution is -0.142. The van der Waals surface area contributed by atoms with Crippen LogP contribution in [0.15, 0.2) is 48.5 Å². The van der Waals surface area contributed by atoms with Crippen LogP contribution in [0, 0.1) is 6.92 Å². The van der Waals surface area contributed by atoms with Crippen LogP contribution in [-0.2, 0) is 16.1 Å². The average molecular weight is 399 g/mol. The van der Waals surface area contributed by atoms with Gasteiger partial charge in [-0.2, -0.15) is 0 Å². The van der Waals surface area contributed by atoms with Gasteiger partial charge < -0.3 is 19.7 Å². The van der Waals surface area contributed by atoms with Crippen molar-refractivity contribution in [2.75, 3.05) is 13.7 Å². The van der Waals surface area contributed by atoms with Crippen LogP contribution in [-0.4, -0.2) is 42.5 Å². The molecule has 0 bridgehead atoms. The molecule has 0 radical (unpaired) electrons. The number of aryl methyl sites for hydroxylation is 1. The standard InChI is InChI=1S/C23H30N2O4/c1-16(2)24-23(27)18(4)25(14-19-8-12-20(28-5)13-9-19)22(26)15-29-21-10-6-17(3)7-11-21/h6-13,16,18H,14-15H2,1-5H3,(H,24,27)/t18-/m0/s1. The summed E-state index contributed by atoms with van der Waals surface area (Å²) < 4.78 is 10.8. The second-order valence-electron chi connectivity index (χ2n) is 7.31. The summed E-state index contributed by atoms with van der Waals surface area (Å²) in [6.07, 6.45) is 0. The maximum Gasteiger partial charge on any atom is 0.261 e. The van der Waals surface area contributed by atoms with Crippen molar-refractivity contribution < 1.29 is 19.1 Å². The molecule has 1 N–H and O–H groups in total. The lowest BCUT2D eigenvalue weighted by atomic mass is 10.1. The fourth-order valence-corrected chi connectivity index (χ4v) is 2.78. The van der Waals surface area contributed by atoms with Crippen molar-refractivity contribution in [2.45, 2.75) is 46.3 Å². The third-order valence-corrected chi connectivity index (χ3v) is 4.49. The van der Waals surface area contributed by atoms with E-state index in [0.717, 1.165) is 16.9 Å². The molecule has 1 atom stereocenters. The maximum absolute atomic E-state index is 12.9. The van der Waals surface area contributed by atoms with E-state index in [1.54, 1.807) is 14.0 Å². The fraction of sp³-hybridized carbons (Fsp3) is 0.391. The van der Waals surface area contributed by atoms with Crippen molar-refractivity contribution in [3.63, 3.8) is 0 Å². The van der Waals surface area contributed by atoms with Crippen molar-refractivity contribution in [1.82, 2.24) is 10.2 Å². The highest BCUT2D eigenvalue weighted by molar-refractivity contribution is 5.88. The van der Waals surface area contributed by atoms with Gasteiger partial charge in [0.1, 0.15) is 17.5 Å². The molecule has 2 aromatic carbocycles. The largest absolute Gasteiger partial charge is 0.497 e. The number of nitrogens with zero attached hydrogens (tertiary/aromatic N) is 1. The second kappa shape index (κ2) is 10.5. The van der Waals surface area contributed by atoms with Crippen LogP contribution in [0.1, 0.15) is 31.9 Å². The Balaban J connectivity index is 2.13. The van der Waals surface area contributed by atoms with Gasteiger partial charge in [0, 0.05) is 12.6 Å². The Hall–Kier alpha value is -3.02. The second-order valence-corrected chi connectivity index (χ2v) is 7.31. The number of hydrogen-bond donors (Lipinski definition) is 1. The number of carbonyl (C=O) groups excluding carboxylic acids is 2. The van der Waals surface area contributed by atoms with E-state index in [4.69, 9.17) is 9.47 Å². The molecule has 0 saturated heterocycles. The van der Waals surface area contributed by atoms with E-state index in [-0.39, 0.29) is 24.5 Å². The van der Waals surface area contributed by atoms with Crippen LogP contribution in [0.2, 0.25) is 0 Å². The number of carbonyl (C=O) groups is 2. The summed E-state index contributed by atoms with van der Waals surface area (Å²) in [4.78, 5) is 27.0. The molecule has 156 valence electrons. The third kappa shape index (κ3) is 6.82. The van der Waals surface area contributed by atoms with E-state index in [2.05, 4.69) is 5.32 Å². The number of benzene rings is 2. The van der Waals surface area contributed by atoms with E-state index in [0.29, 0.717) is 12.3 Å². The van der Waals surface area contributed by atoms with Gasteiger partial charge in [-0.15, -0.1) is 0 Å². The molecule has 0 aliphatic heterocycles. The summed E-state index contributed by atoms with van der Waals surface area (Å²) in [6, 6.07) is 14.3. The van der Waals surface area contributed by atoms with Gasteiger partial charge >= 0.3 is 0 Å². The molecule has 0 unspecified atom stereocenters. The fourth-order valence-electron chi connectivity index (χ4n) is 2.78. The van der Waals surface area contributed by atoms with Crippen molar-refractivity contribution in [2.24, 2.45) is 0 Å². The number of nitrogens with one attached hydrogen (secondary N) is 1. The monoisotopic (exact) mass is 398 g/mol. The van der Waals surface area contributed by atoms with Crippen LogP contribution in [0.25, 0.3) is 0 Å². The normalized spacial score (nSPS) is 11.7. The lowest BCUT2D eigenvalue weighted by Crippen LogP contribution is -2.50. The van der Waals surface area contributed by atoms with Gasteiger partial charge in [0.25, 0.3) is 5.91 Å². The highest BCUT2D eigenvalue weighted by Gasteiger charge is 2.26. The molecule has 0 saturated carbocycles. The quantitative estimate of drug-likeness (QED) is 0.704.